The Balaban J connectivity index is 1.80. The van der Waals surface area contributed by atoms with Crippen molar-refractivity contribution in [1.29, 1.82) is 0 Å². The molecule has 1 aromatic heterocycles. The standard InChI is InChI=1S/C20H16FN3O2/c1-12-11-17(16-5-3-4-6-18(16)22-12)20-24(13(2)25)23-19(26-20)14-7-9-15(21)10-8-14/h3-11,20H,1-2H3/t20-/m1/s1. The minimum Gasteiger partial charge on any atom is -0.446 e. The van der Waals surface area contributed by atoms with Crippen LogP contribution in [0.3, 0.4) is 0 Å². The van der Waals surface area contributed by atoms with E-state index in [1.165, 1.54) is 24.1 Å². The minimum atomic E-state index is -0.695. The summed E-state index contributed by atoms with van der Waals surface area (Å²) in [7, 11) is 0. The summed E-state index contributed by atoms with van der Waals surface area (Å²) in [6.07, 6.45) is -0.695. The zero-order valence-corrected chi connectivity index (χ0v) is 14.3. The second-order valence-electron chi connectivity index (χ2n) is 6.12. The number of amides is 1. The lowest BCUT2D eigenvalue weighted by atomic mass is 10.1. The summed E-state index contributed by atoms with van der Waals surface area (Å²) in [5.41, 5.74) is 3.06. The van der Waals surface area contributed by atoms with Gasteiger partial charge >= 0.3 is 0 Å². The van der Waals surface area contributed by atoms with Gasteiger partial charge in [0.25, 0.3) is 0 Å². The molecule has 3 aromatic rings. The molecule has 6 heteroatoms. The second kappa shape index (κ2) is 6.22. The Morgan fingerprint density at radius 2 is 1.88 bits per heavy atom. The fourth-order valence-electron chi connectivity index (χ4n) is 3.02. The number of rotatable bonds is 2. The number of carbonyl (C=O) groups excluding carboxylic acids is 1. The number of ether oxygens (including phenoxy) is 1. The number of halogens is 1. The third-order valence-electron chi connectivity index (χ3n) is 4.20. The van der Waals surface area contributed by atoms with Gasteiger partial charge in [0.2, 0.25) is 18.0 Å². The highest BCUT2D eigenvalue weighted by Crippen LogP contribution is 2.34. The largest absolute Gasteiger partial charge is 0.446 e. The number of pyridine rings is 1. The molecule has 2 aromatic carbocycles. The normalized spacial score (nSPS) is 16.5. The predicted octanol–water partition coefficient (Wildman–Crippen LogP) is 3.92. The van der Waals surface area contributed by atoms with E-state index in [0.717, 1.165) is 22.2 Å². The number of aryl methyl sites for hydroxylation is 1. The minimum absolute atomic E-state index is 0.245. The molecule has 1 aliphatic rings. The van der Waals surface area contributed by atoms with Crippen molar-refractivity contribution in [2.24, 2.45) is 5.10 Å². The Kier molecular flexibility index (Phi) is 3.88. The fourth-order valence-corrected chi connectivity index (χ4v) is 3.02. The van der Waals surface area contributed by atoms with Crippen LogP contribution >= 0.6 is 0 Å². The van der Waals surface area contributed by atoms with E-state index in [9.17, 15) is 9.18 Å². The topological polar surface area (TPSA) is 54.8 Å². The Labute approximate surface area is 149 Å². The Bertz CT molecular complexity index is 1030. The van der Waals surface area contributed by atoms with Crippen LogP contribution in [0.25, 0.3) is 10.9 Å². The molecule has 5 nitrogen and oxygen atoms in total. The van der Waals surface area contributed by atoms with Crippen LogP contribution in [0.1, 0.15) is 30.0 Å². The van der Waals surface area contributed by atoms with Gasteiger partial charge in [-0.25, -0.2) is 4.39 Å². The highest BCUT2D eigenvalue weighted by molar-refractivity contribution is 5.97. The third-order valence-corrected chi connectivity index (χ3v) is 4.20. The molecule has 1 atom stereocenters. The number of aromatic nitrogens is 1. The van der Waals surface area contributed by atoms with Gasteiger partial charge in [-0.05, 0) is 43.3 Å². The maximum atomic E-state index is 13.2. The van der Waals surface area contributed by atoms with Gasteiger partial charge in [0.1, 0.15) is 5.82 Å². The Morgan fingerprint density at radius 3 is 2.62 bits per heavy atom. The first-order valence-corrected chi connectivity index (χ1v) is 8.20. The predicted molar refractivity (Wildman–Crippen MR) is 95.8 cm³/mol. The fraction of sp³-hybridized carbons (Fsp3) is 0.150. The van der Waals surface area contributed by atoms with Crippen molar-refractivity contribution in [2.75, 3.05) is 0 Å². The van der Waals surface area contributed by atoms with Crippen LogP contribution in [-0.2, 0) is 9.53 Å². The average molecular weight is 349 g/mol. The number of benzene rings is 2. The van der Waals surface area contributed by atoms with E-state index in [0.29, 0.717) is 5.56 Å². The smallest absolute Gasteiger partial charge is 0.243 e. The molecule has 0 saturated carbocycles. The Hall–Kier alpha value is -3.28. The molecule has 4 rings (SSSR count). The van der Waals surface area contributed by atoms with Crippen LogP contribution in [-0.4, -0.2) is 21.8 Å². The maximum absolute atomic E-state index is 13.2. The van der Waals surface area contributed by atoms with Crippen molar-refractivity contribution < 1.29 is 13.9 Å². The van der Waals surface area contributed by atoms with Gasteiger partial charge in [-0.3, -0.25) is 9.78 Å². The maximum Gasteiger partial charge on any atom is 0.243 e. The second-order valence-corrected chi connectivity index (χ2v) is 6.12. The SMILES string of the molecule is CC(=O)N1N=C(c2ccc(F)cc2)O[C@@H]1c1cc(C)nc2ccccc12. The van der Waals surface area contributed by atoms with Crippen LogP contribution in [0.15, 0.2) is 59.7 Å². The summed E-state index contributed by atoms with van der Waals surface area (Å²) in [4.78, 5) is 16.7. The molecule has 0 radical (unpaired) electrons. The molecule has 0 fully saturated rings. The van der Waals surface area contributed by atoms with Crippen LogP contribution in [0.4, 0.5) is 4.39 Å². The molecule has 0 unspecified atom stereocenters. The monoisotopic (exact) mass is 349 g/mol. The van der Waals surface area contributed by atoms with Gasteiger partial charge in [0.15, 0.2) is 0 Å². The van der Waals surface area contributed by atoms with Gasteiger partial charge in [-0.2, -0.15) is 5.01 Å². The number of hydrogen-bond acceptors (Lipinski definition) is 4. The van der Waals surface area contributed by atoms with E-state index >= 15 is 0 Å². The summed E-state index contributed by atoms with van der Waals surface area (Å²) in [5, 5.41) is 6.52. The van der Waals surface area contributed by atoms with Gasteiger partial charge < -0.3 is 4.74 Å². The van der Waals surface area contributed by atoms with Crippen molar-refractivity contribution >= 4 is 22.7 Å². The number of carbonyl (C=O) groups is 1. The number of hydrogen-bond donors (Lipinski definition) is 0. The summed E-state index contributed by atoms with van der Waals surface area (Å²) >= 11 is 0. The van der Waals surface area contributed by atoms with Gasteiger partial charge in [-0.1, -0.05) is 18.2 Å². The van der Waals surface area contributed by atoms with Gasteiger partial charge in [-0.15, -0.1) is 5.10 Å². The van der Waals surface area contributed by atoms with Crippen molar-refractivity contribution in [1.82, 2.24) is 9.99 Å². The highest BCUT2D eigenvalue weighted by atomic mass is 19.1. The van der Waals surface area contributed by atoms with Crippen LogP contribution < -0.4 is 0 Å². The molecule has 1 aliphatic heterocycles. The average Bonchev–Trinajstić information content (AvgIpc) is 3.07. The number of fused-ring (bicyclic) bond motifs is 1. The molecule has 2 heterocycles. The summed E-state index contributed by atoms with van der Waals surface area (Å²) in [6.45, 7) is 3.33. The van der Waals surface area contributed by atoms with E-state index in [1.807, 2.05) is 37.3 Å². The van der Waals surface area contributed by atoms with Crippen LogP contribution in [0, 0.1) is 12.7 Å². The lowest BCUT2D eigenvalue weighted by molar-refractivity contribution is -0.135. The van der Waals surface area contributed by atoms with E-state index < -0.39 is 6.23 Å². The molecular formula is C20H16FN3O2. The quantitative estimate of drug-likeness (QED) is 0.705. The van der Waals surface area contributed by atoms with Gasteiger partial charge in [0.05, 0.1) is 5.52 Å². The van der Waals surface area contributed by atoms with E-state index in [4.69, 9.17) is 4.74 Å². The van der Waals surface area contributed by atoms with E-state index in [2.05, 4.69) is 10.1 Å². The molecule has 130 valence electrons. The molecule has 1 amide bonds. The molecular weight excluding hydrogens is 333 g/mol. The van der Waals surface area contributed by atoms with Crippen molar-refractivity contribution in [2.45, 2.75) is 20.1 Å². The van der Waals surface area contributed by atoms with E-state index in [1.54, 1.807) is 12.1 Å². The van der Waals surface area contributed by atoms with E-state index in [-0.39, 0.29) is 17.6 Å². The molecule has 0 spiro atoms. The Morgan fingerprint density at radius 1 is 1.15 bits per heavy atom. The third kappa shape index (κ3) is 2.79. The molecule has 0 aliphatic carbocycles. The zero-order chi connectivity index (χ0) is 18.3. The molecule has 0 bridgehead atoms. The number of nitrogens with zero attached hydrogens (tertiary/aromatic N) is 3. The summed E-state index contributed by atoms with van der Waals surface area (Å²) in [6, 6.07) is 15.4. The number of hydrazone groups is 1. The zero-order valence-electron chi connectivity index (χ0n) is 14.3. The van der Waals surface area contributed by atoms with Gasteiger partial charge in [0, 0.05) is 29.1 Å². The summed E-state index contributed by atoms with van der Waals surface area (Å²) in [5.74, 6) is -0.308. The lowest BCUT2D eigenvalue weighted by Gasteiger charge is -2.21. The first-order valence-electron chi connectivity index (χ1n) is 8.20. The van der Waals surface area contributed by atoms with Crippen molar-refractivity contribution in [3.8, 4) is 0 Å². The molecule has 26 heavy (non-hydrogen) atoms. The van der Waals surface area contributed by atoms with Crippen LogP contribution in [0.5, 0.6) is 0 Å². The van der Waals surface area contributed by atoms with Crippen LogP contribution in [0.2, 0.25) is 0 Å². The van der Waals surface area contributed by atoms with Crippen molar-refractivity contribution in [3.05, 3.63) is 77.2 Å². The first-order chi connectivity index (χ1) is 12.5. The van der Waals surface area contributed by atoms with Crippen molar-refractivity contribution in [3.63, 3.8) is 0 Å². The number of para-hydroxylation sites is 1. The highest BCUT2D eigenvalue weighted by Gasteiger charge is 2.34. The molecule has 0 saturated heterocycles. The summed E-state index contributed by atoms with van der Waals surface area (Å²) < 4.78 is 19.2. The molecule has 0 N–H and O–H groups in total. The lowest BCUT2D eigenvalue weighted by Crippen LogP contribution is -2.25. The first kappa shape index (κ1) is 16.2.